The number of benzene rings is 3. The van der Waals surface area contributed by atoms with Gasteiger partial charge in [-0.2, -0.15) is 0 Å². The van der Waals surface area contributed by atoms with Crippen LogP contribution in [0.25, 0.3) is 0 Å². The van der Waals surface area contributed by atoms with Gasteiger partial charge in [-0.05, 0) is 68.3 Å². The quantitative estimate of drug-likeness (QED) is 0.472. The van der Waals surface area contributed by atoms with Gasteiger partial charge in [-0.25, -0.2) is 0 Å². The summed E-state index contributed by atoms with van der Waals surface area (Å²) in [5, 5.41) is 0. The van der Waals surface area contributed by atoms with E-state index in [-0.39, 0.29) is 0 Å². The van der Waals surface area contributed by atoms with Crippen LogP contribution in [0.5, 0.6) is 0 Å². The van der Waals surface area contributed by atoms with Crippen molar-refractivity contribution >= 4 is 48.9 Å². The summed E-state index contributed by atoms with van der Waals surface area (Å²) in [5.74, 6) is 0. The summed E-state index contributed by atoms with van der Waals surface area (Å²) < 4.78 is 2.08. The number of hydrogen-bond acceptors (Lipinski definition) is 1. The Labute approximate surface area is 141 Å². The standard InChI is InChI=1S/C18H13Br2N/c19-16-12-7-13-17(18(16)20)21(14-8-3-1-4-9-14)15-10-5-2-6-11-15/h1-13H. The van der Waals surface area contributed by atoms with E-state index in [2.05, 4.69) is 91.4 Å². The average Bonchev–Trinajstić information content (AvgIpc) is 2.54. The van der Waals surface area contributed by atoms with Crippen molar-refractivity contribution in [2.24, 2.45) is 0 Å². The number of rotatable bonds is 3. The second-order valence-electron chi connectivity index (χ2n) is 4.58. The lowest BCUT2D eigenvalue weighted by Crippen LogP contribution is -2.10. The van der Waals surface area contributed by atoms with Crippen LogP contribution in [0.4, 0.5) is 17.1 Å². The molecule has 0 saturated heterocycles. The second-order valence-corrected chi connectivity index (χ2v) is 6.23. The maximum absolute atomic E-state index is 3.69. The summed E-state index contributed by atoms with van der Waals surface area (Å²) in [6, 6.07) is 26.9. The van der Waals surface area contributed by atoms with Gasteiger partial charge < -0.3 is 4.90 Å². The molecule has 0 radical (unpaired) electrons. The zero-order valence-corrected chi connectivity index (χ0v) is 14.4. The lowest BCUT2D eigenvalue weighted by molar-refractivity contribution is 1.27. The number of anilines is 3. The van der Waals surface area contributed by atoms with E-state index in [4.69, 9.17) is 0 Å². The second kappa shape index (κ2) is 6.46. The number of hydrogen-bond donors (Lipinski definition) is 0. The molecule has 0 aliphatic rings. The molecule has 0 aliphatic heterocycles. The van der Waals surface area contributed by atoms with Crippen molar-refractivity contribution in [2.75, 3.05) is 4.90 Å². The van der Waals surface area contributed by atoms with E-state index in [9.17, 15) is 0 Å². The first-order chi connectivity index (χ1) is 10.3. The van der Waals surface area contributed by atoms with Gasteiger partial charge in [0, 0.05) is 15.8 Å². The van der Waals surface area contributed by atoms with Gasteiger partial charge in [0.25, 0.3) is 0 Å². The maximum atomic E-state index is 3.69. The van der Waals surface area contributed by atoms with Gasteiger partial charge in [0.05, 0.1) is 10.2 Å². The average molecular weight is 403 g/mol. The SMILES string of the molecule is Brc1cccc(N(c2ccccc2)c2ccccc2)c1Br. The smallest absolute Gasteiger partial charge is 0.0615 e. The van der Waals surface area contributed by atoms with E-state index in [1.54, 1.807) is 0 Å². The third kappa shape index (κ3) is 3.04. The van der Waals surface area contributed by atoms with Gasteiger partial charge in [-0.1, -0.05) is 42.5 Å². The Morgan fingerprint density at radius 2 is 1.10 bits per heavy atom. The number of para-hydroxylation sites is 2. The topological polar surface area (TPSA) is 3.24 Å². The third-order valence-electron chi connectivity index (χ3n) is 3.20. The van der Waals surface area contributed by atoms with Crippen LogP contribution in [0, 0.1) is 0 Å². The first kappa shape index (κ1) is 14.4. The molecule has 21 heavy (non-hydrogen) atoms. The molecule has 0 bridgehead atoms. The third-order valence-corrected chi connectivity index (χ3v) is 5.23. The van der Waals surface area contributed by atoms with Crippen LogP contribution in [-0.2, 0) is 0 Å². The molecule has 104 valence electrons. The number of nitrogens with zero attached hydrogens (tertiary/aromatic N) is 1. The van der Waals surface area contributed by atoms with E-state index < -0.39 is 0 Å². The van der Waals surface area contributed by atoms with Crippen molar-refractivity contribution in [2.45, 2.75) is 0 Å². The highest BCUT2D eigenvalue weighted by molar-refractivity contribution is 9.13. The minimum Gasteiger partial charge on any atom is -0.309 e. The molecule has 0 N–H and O–H groups in total. The van der Waals surface area contributed by atoms with Gasteiger partial charge in [-0.3, -0.25) is 0 Å². The van der Waals surface area contributed by atoms with Gasteiger partial charge in [0.15, 0.2) is 0 Å². The Kier molecular flexibility index (Phi) is 4.42. The maximum Gasteiger partial charge on any atom is 0.0615 e. The first-order valence-electron chi connectivity index (χ1n) is 6.61. The van der Waals surface area contributed by atoms with Crippen LogP contribution >= 0.6 is 31.9 Å². The molecule has 0 saturated carbocycles. The molecule has 3 aromatic rings. The monoisotopic (exact) mass is 401 g/mol. The highest BCUT2D eigenvalue weighted by atomic mass is 79.9. The van der Waals surface area contributed by atoms with E-state index in [0.29, 0.717) is 0 Å². The molecule has 3 aromatic carbocycles. The molecule has 0 spiro atoms. The minimum absolute atomic E-state index is 1.04. The molecular weight excluding hydrogens is 390 g/mol. The molecule has 0 fully saturated rings. The van der Waals surface area contributed by atoms with Gasteiger partial charge in [0.2, 0.25) is 0 Å². The van der Waals surface area contributed by atoms with Crippen molar-refractivity contribution in [1.82, 2.24) is 0 Å². The van der Waals surface area contributed by atoms with E-state index >= 15 is 0 Å². The molecule has 3 rings (SSSR count). The fourth-order valence-electron chi connectivity index (χ4n) is 2.25. The van der Waals surface area contributed by atoms with Crippen molar-refractivity contribution < 1.29 is 0 Å². The molecule has 0 unspecified atom stereocenters. The Balaban J connectivity index is 2.20. The van der Waals surface area contributed by atoms with Crippen molar-refractivity contribution in [1.29, 1.82) is 0 Å². The summed E-state index contributed by atoms with van der Waals surface area (Å²) in [6.07, 6.45) is 0. The molecule has 0 aromatic heterocycles. The molecular formula is C18H13Br2N. The van der Waals surface area contributed by atoms with Crippen LogP contribution < -0.4 is 4.90 Å². The Bertz CT molecular complexity index is 687. The normalized spacial score (nSPS) is 10.4. The minimum atomic E-state index is 1.04. The van der Waals surface area contributed by atoms with Crippen LogP contribution in [0.2, 0.25) is 0 Å². The van der Waals surface area contributed by atoms with Crippen molar-refractivity contribution in [3.8, 4) is 0 Å². The highest BCUT2D eigenvalue weighted by Crippen LogP contribution is 2.41. The molecule has 0 aliphatic carbocycles. The molecule has 0 atom stereocenters. The van der Waals surface area contributed by atoms with Crippen LogP contribution in [0.15, 0.2) is 87.8 Å². The van der Waals surface area contributed by atoms with E-state index in [1.165, 1.54) is 0 Å². The Hall–Kier alpha value is -1.58. The summed E-state index contributed by atoms with van der Waals surface area (Å²) >= 11 is 7.27. The summed E-state index contributed by atoms with van der Waals surface area (Å²) in [4.78, 5) is 2.23. The molecule has 0 heterocycles. The summed E-state index contributed by atoms with van der Waals surface area (Å²) in [6.45, 7) is 0. The van der Waals surface area contributed by atoms with Crippen LogP contribution in [0.3, 0.4) is 0 Å². The molecule has 1 nitrogen and oxygen atoms in total. The predicted molar refractivity (Wildman–Crippen MR) is 96.5 cm³/mol. The van der Waals surface area contributed by atoms with E-state index in [1.807, 2.05) is 24.3 Å². The lowest BCUT2D eigenvalue weighted by Gasteiger charge is -2.26. The van der Waals surface area contributed by atoms with Crippen molar-refractivity contribution in [3.63, 3.8) is 0 Å². The predicted octanol–water partition coefficient (Wildman–Crippen LogP) is 6.68. The summed E-state index contributed by atoms with van der Waals surface area (Å²) in [7, 11) is 0. The van der Waals surface area contributed by atoms with Gasteiger partial charge >= 0.3 is 0 Å². The molecule has 0 amide bonds. The Morgan fingerprint density at radius 3 is 1.62 bits per heavy atom. The largest absolute Gasteiger partial charge is 0.309 e. The lowest BCUT2D eigenvalue weighted by atomic mass is 10.2. The molecule has 3 heteroatoms. The Morgan fingerprint density at radius 1 is 0.571 bits per heavy atom. The zero-order chi connectivity index (χ0) is 14.7. The summed E-state index contributed by atoms with van der Waals surface area (Å²) in [5.41, 5.74) is 3.35. The first-order valence-corrected chi connectivity index (χ1v) is 8.20. The van der Waals surface area contributed by atoms with Gasteiger partial charge in [-0.15, -0.1) is 0 Å². The van der Waals surface area contributed by atoms with E-state index in [0.717, 1.165) is 26.0 Å². The zero-order valence-electron chi connectivity index (χ0n) is 11.2. The van der Waals surface area contributed by atoms with Crippen molar-refractivity contribution in [3.05, 3.63) is 87.8 Å². The number of halogens is 2. The highest BCUT2D eigenvalue weighted by Gasteiger charge is 2.15. The van der Waals surface area contributed by atoms with Crippen LogP contribution in [0.1, 0.15) is 0 Å². The van der Waals surface area contributed by atoms with Crippen LogP contribution in [-0.4, -0.2) is 0 Å². The fourth-order valence-corrected chi connectivity index (χ4v) is 3.04. The fraction of sp³-hybridized carbons (Fsp3) is 0. The van der Waals surface area contributed by atoms with Gasteiger partial charge in [0.1, 0.15) is 0 Å².